The van der Waals surface area contributed by atoms with E-state index in [4.69, 9.17) is 4.74 Å². The molecule has 0 radical (unpaired) electrons. The van der Waals surface area contributed by atoms with E-state index in [9.17, 15) is 14.0 Å². The number of benzene rings is 1. The molecule has 1 saturated heterocycles. The molecule has 1 fully saturated rings. The topological polar surface area (TPSA) is 67.4 Å². The number of anilines is 1. The second-order valence-corrected chi connectivity index (χ2v) is 3.63. The lowest BCUT2D eigenvalue weighted by molar-refractivity contribution is -0.136. The van der Waals surface area contributed by atoms with Crippen LogP contribution in [0.4, 0.5) is 10.1 Å². The summed E-state index contributed by atoms with van der Waals surface area (Å²) in [6.45, 7) is 0.110. The highest BCUT2D eigenvalue weighted by Crippen LogP contribution is 2.09. The molecule has 0 bridgehead atoms. The summed E-state index contributed by atoms with van der Waals surface area (Å²) in [6.07, 6.45) is 0. The lowest BCUT2D eigenvalue weighted by Gasteiger charge is -2.22. The normalized spacial score (nSPS) is 19.6. The van der Waals surface area contributed by atoms with Gasteiger partial charge in [0.2, 0.25) is 11.8 Å². The highest BCUT2D eigenvalue weighted by atomic mass is 19.1. The fourth-order valence-corrected chi connectivity index (χ4v) is 1.45. The fourth-order valence-electron chi connectivity index (χ4n) is 1.45. The van der Waals surface area contributed by atoms with Gasteiger partial charge in [-0.3, -0.25) is 9.59 Å². The standard InChI is InChI=1S/C11H11FN2O3/c12-7-1-3-8(4-2-7)13-11(16)9-5-17-6-10(15)14-9/h1-4,9H,5-6H2,(H,13,16)(H,14,15). The average molecular weight is 238 g/mol. The first-order chi connectivity index (χ1) is 8.15. The van der Waals surface area contributed by atoms with Gasteiger partial charge in [0.1, 0.15) is 18.5 Å². The summed E-state index contributed by atoms with van der Waals surface area (Å²) < 4.78 is 17.6. The number of morpholine rings is 1. The molecule has 0 saturated carbocycles. The van der Waals surface area contributed by atoms with E-state index in [0.717, 1.165) is 0 Å². The van der Waals surface area contributed by atoms with E-state index in [-0.39, 0.29) is 30.8 Å². The summed E-state index contributed by atoms with van der Waals surface area (Å²) in [4.78, 5) is 22.7. The third-order valence-electron chi connectivity index (χ3n) is 2.28. The number of carbonyl (C=O) groups excluding carboxylic acids is 2. The number of ether oxygens (including phenoxy) is 1. The van der Waals surface area contributed by atoms with Crippen molar-refractivity contribution in [3.63, 3.8) is 0 Å². The summed E-state index contributed by atoms with van der Waals surface area (Å²) >= 11 is 0. The van der Waals surface area contributed by atoms with Crippen LogP contribution in [0.3, 0.4) is 0 Å². The Labute approximate surface area is 97.0 Å². The molecule has 1 aliphatic heterocycles. The van der Waals surface area contributed by atoms with Gasteiger partial charge in [-0.25, -0.2) is 4.39 Å². The molecule has 1 aromatic rings. The zero-order chi connectivity index (χ0) is 12.3. The SMILES string of the molecule is O=C1COCC(C(=O)Nc2ccc(F)cc2)N1. The van der Waals surface area contributed by atoms with Gasteiger partial charge >= 0.3 is 0 Å². The van der Waals surface area contributed by atoms with E-state index in [1.54, 1.807) is 0 Å². The van der Waals surface area contributed by atoms with Gasteiger partial charge in [-0.2, -0.15) is 0 Å². The van der Waals surface area contributed by atoms with Crippen LogP contribution in [0.15, 0.2) is 24.3 Å². The largest absolute Gasteiger partial charge is 0.369 e. The monoisotopic (exact) mass is 238 g/mol. The van der Waals surface area contributed by atoms with E-state index in [1.807, 2.05) is 0 Å². The van der Waals surface area contributed by atoms with Gasteiger partial charge in [-0.05, 0) is 24.3 Å². The molecule has 1 unspecified atom stereocenters. The van der Waals surface area contributed by atoms with Crippen LogP contribution in [-0.2, 0) is 14.3 Å². The smallest absolute Gasteiger partial charge is 0.249 e. The Balaban J connectivity index is 1.96. The second-order valence-electron chi connectivity index (χ2n) is 3.63. The fraction of sp³-hybridized carbons (Fsp3) is 0.273. The van der Waals surface area contributed by atoms with Gasteiger partial charge < -0.3 is 15.4 Å². The van der Waals surface area contributed by atoms with Crippen LogP contribution < -0.4 is 10.6 Å². The van der Waals surface area contributed by atoms with Crippen molar-refractivity contribution in [2.75, 3.05) is 18.5 Å². The molecule has 1 aliphatic rings. The van der Waals surface area contributed by atoms with Crippen molar-refractivity contribution < 1.29 is 18.7 Å². The summed E-state index contributed by atoms with van der Waals surface area (Å²) in [5, 5.41) is 5.06. The molecule has 1 heterocycles. The first-order valence-corrected chi connectivity index (χ1v) is 5.09. The quantitative estimate of drug-likeness (QED) is 0.777. The van der Waals surface area contributed by atoms with Gasteiger partial charge in [-0.1, -0.05) is 0 Å². The summed E-state index contributed by atoms with van der Waals surface area (Å²) in [5.74, 6) is -1.09. The van der Waals surface area contributed by atoms with Crippen molar-refractivity contribution in [1.82, 2.24) is 5.32 Å². The third-order valence-corrected chi connectivity index (χ3v) is 2.28. The third kappa shape index (κ3) is 3.01. The van der Waals surface area contributed by atoms with Crippen LogP contribution in [0, 0.1) is 5.82 Å². The Kier molecular flexibility index (Phi) is 3.34. The molecular formula is C11H11FN2O3. The van der Waals surface area contributed by atoms with Crippen LogP contribution >= 0.6 is 0 Å². The van der Waals surface area contributed by atoms with Gasteiger partial charge in [-0.15, -0.1) is 0 Å². The van der Waals surface area contributed by atoms with Crippen LogP contribution in [-0.4, -0.2) is 31.1 Å². The predicted octanol–water partition coefficient (Wildman–Crippen LogP) is 0.279. The van der Waals surface area contributed by atoms with Crippen LogP contribution in [0.1, 0.15) is 0 Å². The number of nitrogens with one attached hydrogen (secondary N) is 2. The van der Waals surface area contributed by atoms with E-state index in [0.29, 0.717) is 5.69 Å². The minimum Gasteiger partial charge on any atom is -0.369 e. The minimum absolute atomic E-state index is 0.0275. The molecule has 1 atom stereocenters. The van der Waals surface area contributed by atoms with E-state index < -0.39 is 6.04 Å². The highest BCUT2D eigenvalue weighted by molar-refractivity contribution is 5.97. The number of hydrogen-bond donors (Lipinski definition) is 2. The van der Waals surface area contributed by atoms with Crippen LogP contribution in [0.25, 0.3) is 0 Å². The maximum absolute atomic E-state index is 12.6. The molecule has 5 nitrogen and oxygen atoms in total. The van der Waals surface area contributed by atoms with Crippen LogP contribution in [0.2, 0.25) is 0 Å². The summed E-state index contributed by atoms with van der Waals surface area (Å²) in [5.41, 5.74) is 0.469. The Bertz CT molecular complexity index is 433. The lowest BCUT2D eigenvalue weighted by Crippen LogP contribution is -2.51. The molecule has 6 heteroatoms. The van der Waals surface area contributed by atoms with Crippen molar-refractivity contribution in [1.29, 1.82) is 0 Å². The molecule has 0 spiro atoms. The van der Waals surface area contributed by atoms with E-state index in [2.05, 4.69) is 10.6 Å². The maximum atomic E-state index is 12.6. The Morgan fingerprint density at radius 3 is 2.76 bits per heavy atom. The van der Waals surface area contributed by atoms with Crippen molar-refractivity contribution in [3.05, 3.63) is 30.1 Å². The molecule has 0 aromatic heterocycles. The first-order valence-electron chi connectivity index (χ1n) is 5.09. The molecule has 1 aromatic carbocycles. The molecular weight excluding hydrogens is 227 g/mol. The number of halogens is 1. The van der Waals surface area contributed by atoms with E-state index >= 15 is 0 Å². The van der Waals surface area contributed by atoms with Crippen LogP contribution in [0.5, 0.6) is 0 Å². The number of hydrogen-bond acceptors (Lipinski definition) is 3. The first kappa shape index (κ1) is 11.5. The Morgan fingerprint density at radius 2 is 2.12 bits per heavy atom. The average Bonchev–Trinajstić information content (AvgIpc) is 2.32. The lowest BCUT2D eigenvalue weighted by atomic mass is 10.2. The van der Waals surface area contributed by atoms with Gasteiger partial charge in [0.05, 0.1) is 6.61 Å². The Hall–Kier alpha value is -1.95. The summed E-state index contributed by atoms with van der Waals surface area (Å²) in [7, 11) is 0. The zero-order valence-electron chi connectivity index (χ0n) is 8.90. The van der Waals surface area contributed by atoms with E-state index in [1.165, 1.54) is 24.3 Å². The molecule has 90 valence electrons. The molecule has 2 amide bonds. The number of rotatable bonds is 2. The molecule has 2 rings (SSSR count). The van der Waals surface area contributed by atoms with Crippen molar-refractivity contribution in [2.45, 2.75) is 6.04 Å². The minimum atomic E-state index is -0.707. The molecule has 0 aliphatic carbocycles. The Morgan fingerprint density at radius 1 is 1.41 bits per heavy atom. The van der Waals surface area contributed by atoms with Crippen molar-refractivity contribution in [3.8, 4) is 0 Å². The van der Waals surface area contributed by atoms with Gasteiger partial charge in [0.15, 0.2) is 0 Å². The van der Waals surface area contributed by atoms with Gasteiger partial charge in [0, 0.05) is 5.69 Å². The van der Waals surface area contributed by atoms with Crippen molar-refractivity contribution in [2.24, 2.45) is 0 Å². The summed E-state index contributed by atoms with van der Waals surface area (Å²) in [6, 6.07) is 4.66. The maximum Gasteiger partial charge on any atom is 0.249 e. The molecule has 17 heavy (non-hydrogen) atoms. The predicted molar refractivity (Wildman–Crippen MR) is 57.8 cm³/mol. The van der Waals surface area contributed by atoms with Crippen molar-refractivity contribution >= 4 is 17.5 Å². The molecule has 2 N–H and O–H groups in total. The second kappa shape index (κ2) is 4.92. The number of amides is 2. The van der Waals surface area contributed by atoms with Gasteiger partial charge in [0.25, 0.3) is 0 Å². The number of carbonyl (C=O) groups is 2. The zero-order valence-corrected chi connectivity index (χ0v) is 8.90. The highest BCUT2D eigenvalue weighted by Gasteiger charge is 2.25.